The smallest absolute Gasteiger partial charge is 1.00 e. The van der Waals surface area contributed by atoms with Crippen molar-refractivity contribution in [2.45, 2.75) is 91.8 Å². The molecule has 0 saturated carbocycles. The van der Waals surface area contributed by atoms with E-state index in [1.807, 2.05) is 0 Å². The first-order chi connectivity index (χ1) is 8.38. The largest absolute Gasteiger partial charge is 3.00 e. The third kappa shape index (κ3) is 96.8. The van der Waals surface area contributed by atoms with E-state index in [0.717, 1.165) is 12.8 Å². The Labute approximate surface area is 159 Å². The summed E-state index contributed by atoms with van der Waals surface area (Å²) < 4.78 is 0. The van der Waals surface area contributed by atoms with Crippen LogP contribution < -0.4 is 34.2 Å². The van der Waals surface area contributed by atoms with Gasteiger partial charge in [-0.3, -0.25) is 0 Å². The topological polar surface area (TPSA) is 46.1 Å². The maximum absolute atomic E-state index is 9.53. The normalized spacial score (nSPS) is 8.20. The van der Waals surface area contributed by atoms with Crippen LogP contribution in [0.1, 0.15) is 79.6 Å². The molecular formula is C16H31IO2Ti. The van der Waals surface area contributed by atoms with Gasteiger partial charge in [-0.15, -0.1) is 12.2 Å². The van der Waals surface area contributed by atoms with E-state index in [1.54, 1.807) is 27.7 Å². The molecule has 0 spiro atoms. The van der Waals surface area contributed by atoms with Crippen LogP contribution in [0, 0.1) is 12.3 Å². The van der Waals surface area contributed by atoms with Gasteiger partial charge in [0.1, 0.15) is 0 Å². The summed E-state index contributed by atoms with van der Waals surface area (Å²) in [5.41, 5.74) is 0. The van der Waals surface area contributed by atoms with Gasteiger partial charge in [-0.2, -0.15) is 0 Å². The van der Waals surface area contributed by atoms with Crippen molar-refractivity contribution in [1.29, 1.82) is 0 Å². The van der Waals surface area contributed by atoms with Gasteiger partial charge in [-0.05, 0) is 12.8 Å². The zero-order valence-electron chi connectivity index (χ0n) is 13.8. The van der Waals surface area contributed by atoms with Gasteiger partial charge in [0, 0.05) is 6.42 Å². The molecule has 118 valence electrons. The fraction of sp³-hybridized carbons (Fsp3) is 0.875. The van der Waals surface area contributed by atoms with E-state index in [2.05, 4.69) is 12.8 Å². The van der Waals surface area contributed by atoms with Gasteiger partial charge >= 0.3 is 21.7 Å². The molecule has 0 N–H and O–H groups in total. The molecule has 0 amide bonds. The molecule has 0 aliphatic heterocycles. The second-order valence-electron chi connectivity index (χ2n) is 4.79. The Morgan fingerprint density at radius 3 is 1.45 bits per heavy atom. The van der Waals surface area contributed by atoms with Crippen LogP contribution >= 0.6 is 0 Å². The van der Waals surface area contributed by atoms with Gasteiger partial charge in [0.2, 0.25) is 0 Å². The van der Waals surface area contributed by atoms with E-state index in [4.69, 9.17) is 6.42 Å². The molecule has 0 unspecified atom stereocenters. The Balaban J connectivity index is -0.0000000637. The summed E-state index contributed by atoms with van der Waals surface area (Å²) in [6.45, 7) is 8.67. The van der Waals surface area contributed by atoms with Crippen LogP contribution in [0.25, 0.3) is 0 Å². The molecule has 20 heavy (non-hydrogen) atoms. The van der Waals surface area contributed by atoms with Gasteiger partial charge in [0.15, 0.2) is 0 Å². The third-order valence-corrected chi connectivity index (χ3v) is 1.66. The zero-order chi connectivity index (χ0) is 14.8. The van der Waals surface area contributed by atoms with Crippen molar-refractivity contribution in [3.63, 3.8) is 0 Å². The summed E-state index contributed by atoms with van der Waals surface area (Å²) in [6.07, 6.45) is 14.5. The molecular weight excluding hydrogens is 399 g/mol. The molecule has 0 bridgehead atoms. The first-order valence-corrected chi connectivity index (χ1v) is 7.09. The number of hydrogen-bond acceptors (Lipinski definition) is 2. The summed E-state index contributed by atoms with van der Waals surface area (Å²) >= 11 is 0. The van der Waals surface area contributed by atoms with Gasteiger partial charge in [0.05, 0.1) is 0 Å². The molecule has 0 aliphatic carbocycles. The Hall–Kier alpha value is 0.924. The number of unbranched alkanes of at least 4 members (excludes halogenated alkanes) is 6. The molecule has 0 aromatic carbocycles. The Morgan fingerprint density at radius 2 is 1.15 bits per heavy atom. The molecule has 2 radical (unpaired) electrons. The minimum atomic E-state index is -0.417. The fourth-order valence-corrected chi connectivity index (χ4v) is 0.994. The Kier molecular flexibility index (Phi) is 52.5. The van der Waals surface area contributed by atoms with Crippen molar-refractivity contribution >= 4 is 0 Å². The first kappa shape index (κ1) is 32.8. The van der Waals surface area contributed by atoms with Crippen LogP contribution in [0.4, 0.5) is 0 Å². The average molecular weight is 430 g/mol. The Bertz CT molecular complexity index is 157. The predicted molar refractivity (Wildman–Crippen MR) is 75.4 cm³/mol. The van der Waals surface area contributed by atoms with Gasteiger partial charge in [-0.1, -0.05) is 72.6 Å². The summed E-state index contributed by atoms with van der Waals surface area (Å²) in [5, 5.41) is 19.1. The van der Waals surface area contributed by atoms with E-state index in [-0.39, 0.29) is 45.7 Å². The fourth-order valence-electron chi connectivity index (χ4n) is 0.994. The molecule has 0 rings (SSSR count). The number of rotatable bonds is 6. The van der Waals surface area contributed by atoms with Gasteiger partial charge in [-0.25, -0.2) is 0 Å². The maximum Gasteiger partial charge on any atom is 3.00 e. The second-order valence-corrected chi connectivity index (χ2v) is 4.79. The summed E-state index contributed by atoms with van der Waals surface area (Å²) in [6, 6.07) is 0. The van der Waals surface area contributed by atoms with E-state index >= 15 is 0 Å². The zero-order valence-corrected chi connectivity index (χ0v) is 17.5. The van der Waals surface area contributed by atoms with E-state index in [1.165, 1.54) is 32.1 Å². The molecule has 0 atom stereocenters. The number of halogens is 1. The van der Waals surface area contributed by atoms with Crippen LogP contribution in [-0.4, -0.2) is 12.2 Å². The molecule has 0 heterocycles. The molecule has 0 aromatic rings. The van der Waals surface area contributed by atoms with Crippen LogP contribution in [0.3, 0.4) is 0 Å². The molecule has 0 aliphatic rings. The van der Waals surface area contributed by atoms with Crippen LogP contribution in [0.15, 0.2) is 0 Å². The average Bonchev–Trinajstić information content (AvgIpc) is 2.22. The summed E-state index contributed by atoms with van der Waals surface area (Å²) in [5.74, 6) is 2.41. The molecule has 4 heteroatoms. The minimum absolute atomic E-state index is 0. The van der Waals surface area contributed by atoms with E-state index in [0.29, 0.717) is 0 Å². The van der Waals surface area contributed by atoms with Gasteiger partial charge < -0.3 is 34.2 Å². The van der Waals surface area contributed by atoms with E-state index < -0.39 is 12.2 Å². The van der Waals surface area contributed by atoms with Crippen molar-refractivity contribution < 1.29 is 55.9 Å². The monoisotopic (exact) mass is 430 g/mol. The summed E-state index contributed by atoms with van der Waals surface area (Å²) in [4.78, 5) is 0. The molecule has 2 nitrogen and oxygen atoms in total. The quantitative estimate of drug-likeness (QED) is 0.255. The SMILES string of the molecule is CC(C)[O-].CC(C)[O-].[C]#CCCCCCCCC.[I-].[Ti+3]. The first-order valence-electron chi connectivity index (χ1n) is 7.09. The second kappa shape index (κ2) is 32.0. The standard InChI is InChI=1S/C10H17.2C3H7O.HI.Ti/c1-3-5-7-9-10-8-6-4-2;2*1-3(2)4;;/h3,5-10H2,1H3;2*3H,1-2H3;1H;/q;2*-1;;+3/p-1. The molecule has 0 saturated heterocycles. The predicted octanol–water partition coefficient (Wildman–Crippen LogP) is -0.162. The molecule has 0 fully saturated rings. The minimum Gasteiger partial charge on any atom is -1.00 e. The summed E-state index contributed by atoms with van der Waals surface area (Å²) in [7, 11) is 0. The Morgan fingerprint density at radius 1 is 0.850 bits per heavy atom. The van der Waals surface area contributed by atoms with Crippen LogP contribution in [-0.2, 0) is 21.7 Å². The van der Waals surface area contributed by atoms with Crippen molar-refractivity contribution in [3.05, 3.63) is 6.42 Å². The van der Waals surface area contributed by atoms with Crippen molar-refractivity contribution in [2.24, 2.45) is 0 Å². The van der Waals surface area contributed by atoms with Crippen LogP contribution in [0.5, 0.6) is 0 Å². The van der Waals surface area contributed by atoms with Crippen LogP contribution in [0.2, 0.25) is 0 Å². The van der Waals surface area contributed by atoms with Crippen molar-refractivity contribution in [3.8, 4) is 5.92 Å². The van der Waals surface area contributed by atoms with Crippen molar-refractivity contribution in [2.75, 3.05) is 0 Å². The maximum atomic E-state index is 9.53. The molecule has 0 aromatic heterocycles. The van der Waals surface area contributed by atoms with Gasteiger partial charge in [0.25, 0.3) is 0 Å². The third-order valence-electron chi connectivity index (χ3n) is 1.66. The van der Waals surface area contributed by atoms with Crippen molar-refractivity contribution in [1.82, 2.24) is 0 Å². The van der Waals surface area contributed by atoms with E-state index in [9.17, 15) is 10.2 Å². The number of hydrogen-bond donors (Lipinski definition) is 0.